The van der Waals surface area contributed by atoms with Gasteiger partial charge in [0.15, 0.2) is 0 Å². The molecule has 0 aromatic heterocycles. The number of hydrogen-bond donors (Lipinski definition) is 0. The van der Waals surface area contributed by atoms with Crippen LogP contribution in [0.3, 0.4) is 0 Å². The second kappa shape index (κ2) is 6.17. The summed E-state index contributed by atoms with van der Waals surface area (Å²) in [5, 5.41) is 0. The number of fused-ring (bicyclic) bond motifs is 5. The molecule has 8 atom stereocenters. The Labute approximate surface area is 150 Å². The molecule has 0 nitrogen and oxygen atoms in total. The van der Waals surface area contributed by atoms with E-state index in [0.29, 0.717) is 10.8 Å². The molecule has 0 aromatic carbocycles. The number of rotatable bonds is 3. The summed E-state index contributed by atoms with van der Waals surface area (Å²) in [6.07, 6.45) is 18.7. The van der Waals surface area contributed by atoms with Crippen LogP contribution in [0.2, 0.25) is 0 Å². The predicted molar refractivity (Wildman–Crippen MR) is 104 cm³/mol. The molecular formula is C24H40. The van der Waals surface area contributed by atoms with Gasteiger partial charge in [0, 0.05) is 0 Å². The Hall–Kier alpha value is -0.260. The third-order valence-corrected chi connectivity index (χ3v) is 9.88. The average molecular weight is 329 g/mol. The van der Waals surface area contributed by atoms with Crippen molar-refractivity contribution in [3.8, 4) is 0 Å². The third-order valence-electron chi connectivity index (χ3n) is 9.88. The molecule has 0 radical (unpaired) electrons. The van der Waals surface area contributed by atoms with Crippen LogP contribution in [0.4, 0.5) is 0 Å². The van der Waals surface area contributed by atoms with Gasteiger partial charge in [0.25, 0.3) is 0 Å². The summed E-state index contributed by atoms with van der Waals surface area (Å²) in [4.78, 5) is 0. The van der Waals surface area contributed by atoms with Crippen LogP contribution in [0.25, 0.3) is 0 Å². The van der Waals surface area contributed by atoms with Crippen LogP contribution >= 0.6 is 0 Å². The van der Waals surface area contributed by atoms with Crippen molar-refractivity contribution in [1.29, 1.82) is 0 Å². The quantitative estimate of drug-likeness (QED) is 0.479. The van der Waals surface area contributed by atoms with Crippen molar-refractivity contribution in [2.45, 2.75) is 91.4 Å². The molecule has 0 N–H and O–H groups in total. The fraction of sp³-hybridized carbons (Fsp3) is 0.917. The summed E-state index contributed by atoms with van der Waals surface area (Å²) < 4.78 is 0. The summed E-state index contributed by atoms with van der Waals surface area (Å²) in [6, 6.07) is 0. The smallest absolute Gasteiger partial charge is 0.0264 e. The zero-order valence-corrected chi connectivity index (χ0v) is 16.5. The highest BCUT2D eigenvalue weighted by Gasteiger charge is 2.59. The zero-order chi connectivity index (χ0) is 16.9. The Balaban J connectivity index is 1.58. The molecule has 136 valence electrons. The minimum atomic E-state index is 0.640. The molecule has 0 heterocycles. The summed E-state index contributed by atoms with van der Waals surface area (Å²) >= 11 is 0. The molecular weight excluding hydrogens is 288 g/mol. The Bertz CT molecular complexity index is 478. The first-order valence-electron chi connectivity index (χ1n) is 11.1. The lowest BCUT2D eigenvalue weighted by Gasteiger charge is -2.61. The van der Waals surface area contributed by atoms with Gasteiger partial charge >= 0.3 is 0 Å². The van der Waals surface area contributed by atoms with Gasteiger partial charge in [-0.3, -0.25) is 0 Å². The van der Waals surface area contributed by atoms with Crippen LogP contribution in [-0.2, 0) is 0 Å². The van der Waals surface area contributed by atoms with Crippen LogP contribution in [0.15, 0.2) is 12.7 Å². The molecule has 0 saturated heterocycles. The summed E-state index contributed by atoms with van der Waals surface area (Å²) in [6.45, 7) is 11.9. The molecule has 0 bridgehead atoms. The lowest BCUT2D eigenvalue weighted by molar-refractivity contribution is -0.114. The van der Waals surface area contributed by atoms with Gasteiger partial charge in [0.2, 0.25) is 0 Å². The molecule has 4 aliphatic carbocycles. The van der Waals surface area contributed by atoms with Crippen molar-refractivity contribution < 1.29 is 0 Å². The maximum Gasteiger partial charge on any atom is -0.0264 e. The van der Waals surface area contributed by atoms with Gasteiger partial charge in [-0.1, -0.05) is 39.7 Å². The molecule has 4 saturated carbocycles. The first-order chi connectivity index (χ1) is 11.5. The normalized spacial score (nSPS) is 52.0. The van der Waals surface area contributed by atoms with Gasteiger partial charge in [-0.25, -0.2) is 0 Å². The molecule has 0 spiro atoms. The lowest BCUT2D eigenvalue weighted by atomic mass is 9.44. The zero-order valence-electron chi connectivity index (χ0n) is 16.5. The van der Waals surface area contributed by atoms with E-state index < -0.39 is 0 Å². The van der Waals surface area contributed by atoms with Gasteiger partial charge in [-0.2, -0.15) is 0 Å². The van der Waals surface area contributed by atoms with Crippen molar-refractivity contribution >= 4 is 0 Å². The van der Waals surface area contributed by atoms with E-state index in [1.165, 1.54) is 38.5 Å². The molecule has 4 aliphatic rings. The van der Waals surface area contributed by atoms with Crippen LogP contribution in [0.1, 0.15) is 91.4 Å². The molecule has 0 heteroatoms. The van der Waals surface area contributed by atoms with Gasteiger partial charge in [-0.15, -0.1) is 6.58 Å². The Morgan fingerprint density at radius 3 is 2.50 bits per heavy atom. The van der Waals surface area contributed by atoms with Crippen LogP contribution in [0.5, 0.6) is 0 Å². The second-order valence-corrected chi connectivity index (χ2v) is 10.6. The van der Waals surface area contributed by atoms with E-state index in [-0.39, 0.29) is 0 Å². The molecule has 24 heavy (non-hydrogen) atoms. The molecule has 4 rings (SSSR count). The van der Waals surface area contributed by atoms with Crippen molar-refractivity contribution in [3.05, 3.63) is 12.7 Å². The molecule has 0 aliphatic heterocycles. The summed E-state index contributed by atoms with van der Waals surface area (Å²) in [5.74, 6) is 6.02. The Morgan fingerprint density at radius 2 is 1.71 bits per heavy atom. The van der Waals surface area contributed by atoms with E-state index >= 15 is 0 Å². The standard InChI is InChI=1S/C24H40/c1-5-8-17(2)20-12-13-21-19-11-10-18-9-6-7-15-23(18,3)22(19)14-16-24(20,21)4/h5,17-22H,1,6-16H2,2-4H3/t17-,18?,19+,20-,21+,22+,23+,24-/m1/s1. The highest BCUT2D eigenvalue weighted by Crippen LogP contribution is 2.68. The van der Waals surface area contributed by atoms with Crippen molar-refractivity contribution in [3.63, 3.8) is 0 Å². The number of hydrogen-bond acceptors (Lipinski definition) is 0. The topological polar surface area (TPSA) is 0 Å². The predicted octanol–water partition coefficient (Wildman–Crippen LogP) is 7.25. The van der Waals surface area contributed by atoms with Crippen molar-refractivity contribution in [2.24, 2.45) is 46.3 Å². The first-order valence-corrected chi connectivity index (χ1v) is 11.1. The second-order valence-electron chi connectivity index (χ2n) is 10.6. The monoisotopic (exact) mass is 328 g/mol. The Morgan fingerprint density at radius 1 is 0.917 bits per heavy atom. The Kier molecular flexibility index (Phi) is 4.41. The van der Waals surface area contributed by atoms with E-state index in [4.69, 9.17) is 0 Å². The van der Waals surface area contributed by atoms with Crippen LogP contribution < -0.4 is 0 Å². The fourth-order valence-electron chi connectivity index (χ4n) is 8.70. The summed E-state index contributed by atoms with van der Waals surface area (Å²) in [7, 11) is 0. The van der Waals surface area contributed by atoms with Gasteiger partial charge in [0.1, 0.15) is 0 Å². The SMILES string of the molecule is C=CC[C@@H](C)[C@H]1CC[C@H]2[C@@H]3CCC4CCCC[C@]4(C)[C@H]3CC[C@]12C. The molecule has 0 amide bonds. The number of allylic oxidation sites excluding steroid dienone is 1. The summed E-state index contributed by atoms with van der Waals surface area (Å²) in [5.41, 5.74) is 1.34. The van der Waals surface area contributed by atoms with Gasteiger partial charge in [0.05, 0.1) is 0 Å². The van der Waals surface area contributed by atoms with Gasteiger partial charge < -0.3 is 0 Å². The first kappa shape index (κ1) is 17.2. The van der Waals surface area contributed by atoms with E-state index in [1.807, 2.05) is 0 Å². The van der Waals surface area contributed by atoms with Crippen LogP contribution in [0, 0.1) is 46.3 Å². The maximum atomic E-state index is 4.02. The fourth-order valence-corrected chi connectivity index (χ4v) is 8.70. The largest absolute Gasteiger partial charge is 0.103 e. The maximum absolute atomic E-state index is 4.02. The van der Waals surface area contributed by atoms with Crippen molar-refractivity contribution in [2.75, 3.05) is 0 Å². The molecule has 1 unspecified atom stereocenters. The van der Waals surface area contributed by atoms with Crippen molar-refractivity contribution in [1.82, 2.24) is 0 Å². The van der Waals surface area contributed by atoms with Gasteiger partial charge in [-0.05, 0) is 104 Å². The lowest BCUT2D eigenvalue weighted by Crippen LogP contribution is -2.53. The van der Waals surface area contributed by atoms with E-state index in [0.717, 1.165) is 35.5 Å². The minimum absolute atomic E-state index is 0.640. The minimum Gasteiger partial charge on any atom is -0.103 e. The van der Waals surface area contributed by atoms with Crippen LogP contribution in [-0.4, -0.2) is 0 Å². The average Bonchev–Trinajstić information content (AvgIpc) is 2.92. The van der Waals surface area contributed by atoms with E-state index in [1.54, 1.807) is 32.1 Å². The van der Waals surface area contributed by atoms with E-state index in [2.05, 4.69) is 33.4 Å². The third kappa shape index (κ3) is 2.38. The highest BCUT2D eigenvalue weighted by atomic mass is 14.6. The molecule has 0 aromatic rings. The molecule has 4 fully saturated rings. The highest BCUT2D eigenvalue weighted by molar-refractivity contribution is 5.09. The van der Waals surface area contributed by atoms with E-state index in [9.17, 15) is 0 Å².